The lowest BCUT2D eigenvalue weighted by atomic mass is 10.2. The van der Waals surface area contributed by atoms with Crippen molar-refractivity contribution >= 4 is 12.1 Å². The number of carbonyl (C=O) groups is 2. The van der Waals surface area contributed by atoms with Gasteiger partial charge in [-0.05, 0) is 17.7 Å². The zero-order chi connectivity index (χ0) is 13.1. The summed E-state index contributed by atoms with van der Waals surface area (Å²) in [4.78, 5) is 23.8. The molecule has 0 spiro atoms. The van der Waals surface area contributed by atoms with Gasteiger partial charge in [-0.1, -0.05) is 24.8 Å². The molecule has 1 heterocycles. The molecule has 1 N–H and O–H groups in total. The molecule has 1 aliphatic rings. The van der Waals surface area contributed by atoms with Gasteiger partial charge < -0.3 is 14.7 Å². The van der Waals surface area contributed by atoms with Crippen LogP contribution >= 0.6 is 0 Å². The van der Waals surface area contributed by atoms with Gasteiger partial charge in [0.2, 0.25) is 0 Å². The highest BCUT2D eigenvalue weighted by atomic mass is 16.5. The highest BCUT2D eigenvalue weighted by Crippen LogP contribution is 2.19. The number of rotatable bonds is 2. The Morgan fingerprint density at radius 1 is 1.33 bits per heavy atom. The summed E-state index contributed by atoms with van der Waals surface area (Å²) in [7, 11) is 0. The molecule has 1 aliphatic heterocycles. The molecule has 1 amide bonds. The van der Waals surface area contributed by atoms with Crippen LogP contribution in [0.3, 0.4) is 0 Å². The van der Waals surface area contributed by atoms with Crippen LogP contribution in [0, 0.1) is 0 Å². The summed E-state index contributed by atoms with van der Waals surface area (Å²) in [5, 5.41) is 8.84. The Hall–Kier alpha value is -2.30. The monoisotopic (exact) mass is 247 g/mol. The average Bonchev–Trinajstić information content (AvgIpc) is 2.72. The number of carbonyl (C=O) groups excluding carboxylic acids is 1. The predicted molar refractivity (Wildman–Crippen MR) is 64.4 cm³/mol. The lowest BCUT2D eigenvalue weighted by Crippen LogP contribution is -2.29. The van der Waals surface area contributed by atoms with E-state index in [9.17, 15) is 9.59 Å². The smallest absolute Gasteiger partial charge is 0.407 e. The first-order valence-corrected chi connectivity index (χ1v) is 5.49. The second kappa shape index (κ2) is 4.91. The van der Waals surface area contributed by atoms with Crippen LogP contribution in [0.2, 0.25) is 0 Å². The van der Waals surface area contributed by atoms with Gasteiger partial charge in [-0.25, -0.2) is 9.59 Å². The highest BCUT2D eigenvalue weighted by Gasteiger charge is 2.32. The van der Waals surface area contributed by atoms with Gasteiger partial charge in [-0.2, -0.15) is 0 Å². The molecule has 1 atom stereocenters. The van der Waals surface area contributed by atoms with Gasteiger partial charge in [0.15, 0.2) is 0 Å². The SMILES string of the molecule is C=C1CN(C(=O)O)C[C@@H]1OC(=O)c1ccccc1. The normalized spacial score (nSPS) is 18.8. The van der Waals surface area contributed by atoms with Crippen LogP contribution in [-0.2, 0) is 4.74 Å². The number of carboxylic acid groups (broad SMARTS) is 1. The van der Waals surface area contributed by atoms with E-state index in [1.54, 1.807) is 30.3 Å². The third kappa shape index (κ3) is 2.51. The van der Waals surface area contributed by atoms with E-state index in [1.807, 2.05) is 0 Å². The fourth-order valence-electron chi connectivity index (χ4n) is 1.78. The standard InChI is InChI=1S/C13H13NO4/c1-9-7-14(13(16)17)8-11(9)18-12(15)10-5-3-2-4-6-10/h2-6,11H,1,7-8H2,(H,16,17)/t11-/m0/s1. The van der Waals surface area contributed by atoms with Crippen molar-refractivity contribution in [1.82, 2.24) is 4.90 Å². The lowest BCUT2D eigenvalue weighted by molar-refractivity contribution is 0.0376. The number of esters is 1. The maximum absolute atomic E-state index is 11.8. The Kier molecular flexibility index (Phi) is 3.32. The first-order chi connectivity index (χ1) is 8.58. The molecule has 0 saturated carbocycles. The van der Waals surface area contributed by atoms with Crippen molar-refractivity contribution in [3.8, 4) is 0 Å². The van der Waals surface area contributed by atoms with Gasteiger partial charge in [0.05, 0.1) is 12.1 Å². The van der Waals surface area contributed by atoms with Crippen molar-refractivity contribution < 1.29 is 19.4 Å². The molecule has 18 heavy (non-hydrogen) atoms. The largest absolute Gasteiger partial charge is 0.465 e. The highest BCUT2D eigenvalue weighted by molar-refractivity contribution is 5.89. The first-order valence-electron chi connectivity index (χ1n) is 5.49. The maximum atomic E-state index is 11.8. The van der Waals surface area contributed by atoms with Crippen molar-refractivity contribution in [3.05, 3.63) is 48.0 Å². The number of hydrogen-bond donors (Lipinski definition) is 1. The fraction of sp³-hybridized carbons (Fsp3) is 0.231. The molecule has 0 aromatic heterocycles. The van der Waals surface area contributed by atoms with Crippen molar-refractivity contribution in [2.45, 2.75) is 6.10 Å². The van der Waals surface area contributed by atoms with E-state index in [0.29, 0.717) is 11.1 Å². The Morgan fingerprint density at radius 3 is 2.56 bits per heavy atom. The third-order valence-corrected chi connectivity index (χ3v) is 2.76. The average molecular weight is 247 g/mol. The fourth-order valence-corrected chi connectivity index (χ4v) is 1.78. The van der Waals surface area contributed by atoms with E-state index in [2.05, 4.69) is 6.58 Å². The number of amides is 1. The summed E-state index contributed by atoms with van der Waals surface area (Å²) in [6.45, 7) is 4.09. The van der Waals surface area contributed by atoms with E-state index in [4.69, 9.17) is 9.84 Å². The molecule has 5 nitrogen and oxygen atoms in total. The zero-order valence-corrected chi connectivity index (χ0v) is 9.70. The molecule has 1 fully saturated rings. The van der Waals surface area contributed by atoms with Crippen molar-refractivity contribution in [3.63, 3.8) is 0 Å². The second-order valence-corrected chi connectivity index (χ2v) is 4.08. The molecule has 1 saturated heterocycles. The van der Waals surface area contributed by atoms with Crippen LogP contribution in [0.4, 0.5) is 4.79 Å². The number of nitrogens with zero attached hydrogens (tertiary/aromatic N) is 1. The molecule has 2 rings (SSSR count). The van der Waals surface area contributed by atoms with E-state index in [1.165, 1.54) is 4.90 Å². The van der Waals surface area contributed by atoms with Gasteiger partial charge in [0.25, 0.3) is 0 Å². The van der Waals surface area contributed by atoms with Gasteiger partial charge in [-0.15, -0.1) is 0 Å². The molecular formula is C13H13NO4. The number of ether oxygens (including phenoxy) is 1. The molecule has 94 valence electrons. The van der Waals surface area contributed by atoms with Crippen LogP contribution < -0.4 is 0 Å². The molecule has 0 bridgehead atoms. The maximum Gasteiger partial charge on any atom is 0.407 e. The van der Waals surface area contributed by atoms with Gasteiger partial charge in [0, 0.05) is 6.54 Å². The summed E-state index contributed by atoms with van der Waals surface area (Å²) in [5.74, 6) is -0.464. The van der Waals surface area contributed by atoms with Crippen LogP contribution in [0.15, 0.2) is 42.5 Å². The third-order valence-electron chi connectivity index (χ3n) is 2.76. The Balaban J connectivity index is 2.01. The molecule has 1 aromatic rings. The van der Waals surface area contributed by atoms with Crippen LogP contribution in [0.25, 0.3) is 0 Å². The molecule has 0 unspecified atom stereocenters. The number of hydrogen-bond acceptors (Lipinski definition) is 3. The number of benzene rings is 1. The number of likely N-dealkylation sites (tertiary alicyclic amines) is 1. The molecule has 0 radical (unpaired) electrons. The van der Waals surface area contributed by atoms with Crippen LogP contribution in [0.5, 0.6) is 0 Å². The van der Waals surface area contributed by atoms with E-state index < -0.39 is 18.2 Å². The van der Waals surface area contributed by atoms with E-state index in [0.717, 1.165) is 0 Å². The second-order valence-electron chi connectivity index (χ2n) is 4.08. The molecule has 0 aliphatic carbocycles. The molecule has 5 heteroatoms. The molecule has 1 aromatic carbocycles. The Morgan fingerprint density at radius 2 is 2.00 bits per heavy atom. The summed E-state index contributed by atoms with van der Waals surface area (Å²) < 4.78 is 5.25. The summed E-state index contributed by atoms with van der Waals surface area (Å²) in [6.07, 6.45) is -1.59. The summed E-state index contributed by atoms with van der Waals surface area (Å²) in [5.41, 5.74) is 1.04. The van der Waals surface area contributed by atoms with E-state index in [-0.39, 0.29) is 13.1 Å². The van der Waals surface area contributed by atoms with Crippen molar-refractivity contribution in [2.24, 2.45) is 0 Å². The van der Waals surface area contributed by atoms with Crippen molar-refractivity contribution in [2.75, 3.05) is 13.1 Å². The minimum Gasteiger partial charge on any atom is -0.465 e. The predicted octanol–water partition coefficient (Wildman–Crippen LogP) is 1.76. The van der Waals surface area contributed by atoms with Crippen molar-refractivity contribution in [1.29, 1.82) is 0 Å². The lowest BCUT2D eigenvalue weighted by Gasteiger charge is -2.13. The van der Waals surface area contributed by atoms with Gasteiger partial charge in [0.1, 0.15) is 6.10 Å². The van der Waals surface area contributed by atoms with Gasteiger partial charge in [-0.3, -0.25) is 0 Å². The quantitative estimate of drug-likeness (QED) is 0.638. The van der Waals surface area contributed by atoms with Crippen LogP contribution in [-0.4, -0.2) is 41.3 Å². The van der Waals surface area contributed by atoms with E-state index >= 15 is 0 Å². The first kappa shape index (κ1) is 12.2. The summed E-state index contributed by atoms with van der Waals surface area (Å²) in [6, 6.07) is 8.58. The molecular weight excluding hydrogens is 234 g/mol. The topological polar surface area (TPSA) is 66.8 Å². The minimum absolute atomic E-state index is 0.146. The summed E-state index contributed by atoms with van der Waals surface area (Å²) >= 11 is 0. The minimum atomic E-state index is -1.03. The Bertz CT molecular complexity index is 483. The Labute approximate surface area is 104 Å². The van der Waals surface area contributed by atoms with Gasteiger partial charge >= 0.3 is 12.1 Å². The van der Waals surface area contributed by atoms with Crippen LogP contribution in [0.1, 0.15) is 10.4 Å². The zero-order valence-electron chi connectivity index (χ0n) is 9.70.